The molecule has 0 heterocycles. The molecular formula is C19H22N2O2. The number of ketones is 1. The number of nitrogens with zero attached hydrogens (tertiary/aromatic N) is 1. The summed E-state index contributed by atoms with van der Waals surface area (Å²) in [6.07, 6.45) is 0. The van der Waals surface area contributed by atoms with Gasteiger partial charge in [0.05, 0.1) is 6.54 Å². The summed E-state index contributed by atoms with van der Waals surface area (Å²) in [5.41, 5.74) is 2.28. The highest BCUT2D eigenvalue weighted by atomic mass is 16.2. The zero-order valence-corrected chi connectivity index (χ0v) is 13.7. The van der Waals surface area contributed by atoms with Gasteiger partial charge in [0.25, 0.3) is 0 Å². The van der Waals surface area contributed by atoms with E-state index in [2.05, 4.69) is 5.32 Å². The lowest BCUT2D eigenvalue weighted by atomic mass is 10.1. The average Bonchev–Trinajstić information content (AvgIpc) is 2.54. The topological polar surface area (TPSA) is 49.4 Å². The van der Waals surface area contributed by atoms with Crippen molar-refractivity contribution >= 4 is 23.1 Å². The Morgan fingerprint density at radius 2 is 1.74 bits per heavy atom. The zero-order chi connectivity index (χ0) is 16.8. The third-order valence-corrected chi connectivity index (χ3v) is 3.53. The molecule has 0 aliphatic carbocycles. The number of amides is 1. The fourth-order valence-electron chi connectivity index (χ4n) is 2.43. The van der Waals surface area contributed by atoms with Crippen molar-refractivity contribution in [2.45, 2.75) is 26.8 Å². The summed E-state index contributed by atoms with van der Waals surface area (Å²) in [6.45, 7) is 5.68. The first-order valence-electron chi connectivity index (χ1n) is 7.71. The first-order valence-corrected chi connectivity index (χ1v) is 7.71. The molecule has 4 heteroatoms. The monoisotopic (exact) mass is 310 g/mol. The number of Topliss-reactive ketones (excluding diaryl/α,β-unsaturated/α-hetero) is 1. The zero-order valence-electron chi connectivity index (χ0n) is 13.7. The summed E-state index contributed by atoms with van der Waals surface area (Å²) in [5, 5.41) is 3.10. The van der Waals surface area contributed by atoms with Crippen LogP contribution in [0, 0.1) is 0 Å². The lowest BCUT2D eigenvalue weighted by Gasteiger charge is -2.27. The second kappa shape index (κ2) is 7.58. The van der Waals surface area contributed by atoms with E-state index in [1.807, 2.05) is 50.2 Å². The Hall–Kier alpha value is -2.62. The maximum Gasteiger partial charge on any atom is 0.246 e. The molecule has 0 fully saturated rings. The molecule has 0 saturated carbocycles. The van der Waals surface area contributed by atoms with E-state index in [0.717, 1.165) is 11.4 Å². The number of para-hydroxylation sites is 1. The Labute approximate surface area is 137 Å². The SMILES string of the molecule is CC(=O)c1cccc(NCC(=O)N(c2ccccc2)C(C)C)c1. The van der Waals surface area contributed by atoms with Crippen molar-refractivity contribution in [1.82, 2.24) is 0 Å². The molecular weight excluding hydrogens is 288 g/mol. The van der Waals surface area contributed by atoms with Gasteiger partial charge >= 0.3 is 0 Å². The fraction of sp³-hybridized carbons (Fsp3) is 0.263. The number of rotatable bonds is 6. The smallest absolute Gasteiger partial charge is 0.246 e. The summed E-state index contributed by atoms with van der Waals surface area (Å²) in [4.78, 5) is 25.8. The van der Waals surface area contributed by atoms with Gasteiger partial charge in [-0.25, -0.2) is 0 Å². The van der Waals surface area contributed by atoms with Gasteiger partial charge in [0.2, 0.25) is 5.91 Å². The highest BCUT2D eigenvalue weighted by molar-refractivity contribution is 5.97. The van der Waals surface area contributed by atoms with Crippen LogP contribution in [0.2, 0.25) is 0 Å². The summed E-state index contributed by atoms with van der Waals surface area (Å²) in [5.74, 6) is -0.00695. The van der Waals surface area contributed by atoms with Crippen LogP contribution in [0.5, 0.6) is 0 Å². The number of carbonyl (C=O) groups is 2. The van der Waals surface area contributed by atoms with Crippen LogP contribution in [0.1, 0.15) is 31.1 Å². The minimum Gasteiger partial charge on any atom is -0.376 e. The van der Waals surface area contributed by atoms with Crippen LogP contribution in [-0.4, -0.2) is 24.3 Å². The molecule has 0 saturated heterocycles. The summed E-state index contributed by atoms with van der Waals surface area (Å²) >= 11 is 0. The molecule has 0 bridgehead atoms. The van der Waals surface area contributed by atoms with Crippen LogP contribution in [0.4, 0.5) is 11.4 Å². The predicted octanol–water partition coefficient (Wildman–Crippen LogP) is 3.74. The van der Waals surface area contributed by atoms with Crippen LogP contribution < -0.4 is 10.2 Å². The Morgan fingerprint density at radius 1 is 1.04 bits per heavy atom. The van der Waals surface area contributed by atoms with E-state index in [1.54, 1.807) is 23.1 Å². The van der Waals surface area contributed by atoms with Crippen LogP contribution >= 0.6 is 0 Å². The minimum atomic E-state index is -0.0144. The normalized spacial score (nSPS) is 10.4. The maximum atomic E-state index is 12.6. The van der Waals surface area contributed by atoms with Crippen molar-refractivity contribution in [2.75, 3.05) is 16.8 Å². The van der Waals surface area contributed by atoms with Gasteiger partial charge in [0.15, 0.2) is 5.78 Å². The number of carbonyl (C=O) groups excluding carboxylic acids is 2. The molecule has 23 heavy (non-hydrogen) atoms. The molecule has 1 amide bonds. The Kier molecular flexibility index (Phi) is 5.52. The van der Waals surface area contributed by atoms with Crippen molar-refractivity contribution in [3.8, 4) is 0 Å². The first-order chi connectivity index (χ1) is 11.0. The van der Waals surface area contributed by atoms with E-state index in [9.17, 15) is 9.59 Å². The highest BCUT2D eigenvalue weighted by Crippen LogP contribution is 2.17. The van der Waals surface area contributed by atoms with E-state index >= 15 is 0 Å². The quantitative estimate of drug-likeness (QED) is 0.827. The van der Waals surface area contributed by atoms with Gasteiger partial charge < -0.3 is 10.2 Å². The molecule has 0 aromatic heterocycles. The maximum absolute atomic E-state index is 12.6. The van der Waals surface area contributed by atoms with Crippen molar-refractivity contribution < 1.29 is 9.59 Å². The number of hydrogen-bond acceptors (Lipinski definition) is 3. The lowest BCUT2D eigenvalue weighted by molar-refractivity contribution is -0.117. The fourth-order valence-corrected chi connectivity index (χ4v) is 2.43. The Bertz CT molecular complexity index is 681. The van der Waals surface area contributed by atoms with Crippen LogP contribution in [0.25, 0.3) is 0 Å². The van der Waals surface area contributed by atoms with Gasteiger partial charge in [-0.05, 0) is 45.0 Å². The average molecular weight is 310 g/mol. The van der Waals surface area contributed by atoms with Crippen molar-refractivity contribution in [3.63, 3.8) is 0 Å². The molecule has 0 atom stereocenters. The molecule has 2 rings (SSSR count). The molecule has 0 unspecified atom stereocenters. The van der Waals surface area contributed by atoms with Gasteiger partial charge in [-0.2, -0.15) is 0 Å². The summed E-state index contributed by atoms with van der Waals surface area (Å²) in [7, 11) is 0. The second-order valence-electron chi connectivity index (χ2n) is 5.68. The van der Waals surface area contributed by atoms with Crippen molar-refractivity contribution in [3.05, 3.63) is 60.2 Å². The van der Waals surface area contributed by atoms with Gasteiger partial charge in [-0.1, -0.05) is 30.3 Å². The predicted molar refractivity (Wildman–Crippen MR) is 94.0 cm³/mol. The molecule has 0 radical (unpaired) electrons. The standard InChI is InChI=1S/C19H22N2O2/c1-14(2)21(18-10-5-4-6-11-18)19(23)13-20-17-9-7-8-16(12-17)15(3)22/h4-12,14,20H,13H2,1-3H3. The molecule has 2 aromatic rings. The highest BCUT2D eigenvalue weighted by Gasteiger charge is 2.18. The van der Waals surface area contributed by atoms with E-state index < -0.39 is 0 Å². The molecule has 120 valence electrons. The molecule has 2 aromatic carbocycles. The number of benzene rings is 2. The van der Waals surface area contributed by atoms with Gasteiger partial charge in [0.1, 0.15) is 0 Å². The van der Waals surface area contributed by atoms with E-state index in [1.165, 1.54) is 6.92 Å². The lowest BCUT2D eigenvalue weighted by Crippen LogP contribution is -2.40. The third-order valence-electron chi connectivity index (χ3n) is 3.53. The molecule has 0 spiro atoms. The van der Waals surface area contributed by atoms with Gasteiger partial charge in [-0.15, -0.1) is 0 Å². The summed E-state index contributed by atoms with van der Waals surface area (Å²) < 4.78 is 0. The second-order valence-corrected chi connectivity index (χ2v) is 5.68. The van der Waals surface area contributed by atoms with E-state index in [-0.39, 0.29) is 24.3 Å². The van der Waals surface area contributed by atoms with Crippen molar-refractivity contribution in [2.24, 2.45) is 0 Å². The molecule has 1 N–H and O–H groups in total. The Morgan fingerprint density at radius 3 is 2.35 bits per heavy atom. The minimum absolute atomic E-state index is 0.00747. The molecule has 0 aliphatic rings. The summed E-state index contributed by atoms with van der Waals surface area (Å²) in [6, 6.07) is 16.9. The van der Waals surface area contributed by atoms with Gasteiger partial charge in [-0.3, -0.25) is 9.59 Å². The Balaban J connectivity index is 2.08. The van der Waals surface area contributed by atoms with E-state index in [0.29, 0.717) is 5.56 Å². The van der Waals surface area contributed by atoms with Crippen LogP contribution in [0.15, 0.2) is 54.6 Å². The number of nitrogens with one attached hydrogen (secondary N) is 1. The number of hydrogen-bond donors (Lipinski definition) is 1. The third kappa shape index (κ3) is 4.42. The number of anilines is 2. The first kappa shape index (κ1) is 16.7. The van der Waals surface area contributed by atoms with Crippen LogP contribution in [0.3, 0.4) is 0 Å². The molecule has 4 nitrogen and oxygen atoms in total. The molecule has 0 aliphatic heterocycles. The van der Waals surface area contributed by atoms with E-state index in [4.69, 9.17) is 0 Å². The van der Waals surface area contributed by atoms with Crippen molar-refractivity contribution in [1.29, 1.82) is 0 Å². The largest absolute Gasteiger partial charge is 0.376 e. The van der Waals surface area contributed by atoms with Gasteiger partial charge in [0, 0.05) is 23.0 Å². The van der Waals surface area contributed by atoms with Crippen LogP contribution in [-0.2, 0) is 4.79 Å².